The third-order valence-electron chi connectivity index (χ3n) is 4.26. The molecule has 27 heavy (non-hydrogen) atoms. The van der Waals surface area contributed by atoms with Gasteiger partial charge in [0.25, 0.3) is 5.91 Å². The second-order valence-electron chi connectivity index (χ2n) is 6.09. The van der Waals surface area contributed by atoms with E-state index in [-0.39, 0.29) is 12.5 Å². The lowest BCUT2D eigenvalue weighted by molar-refractivity contribution is -0.125. The number of para-hydroxylation sites is 3. The number of rotatable bonds is 5. The summed E-state index contributed by atoms with van der Waals surface area (Å²) >= 11 is 0. The normalized spacial score (nSPS) is 16.0. The van der Waals surface area contributed by atoms with Crippen molar-refractivity contribution in [2.24, 2.45) is 0 Å². The fourth-order valence-electron chi connectivity index (χ4n) is 3.02. The molecule has 7 nitrogen and oxygen atoms in total. The van der Waals surface area contributed by atoms with Crippen LogP contribution in [0.5, 0.6) is 11.5 Å². The maximum atomic E-state index is 12.6. The zero-order valence-electron chi connectivity index (χ0n) is 15.1. The Balaban J connectivity index is 1.63. The van der Waals surface area contributed by atoms with Crippen LogP contribution in [0.2, 0.25) is 0 Å². The van der Waals surface area contributed by atoms with E-state index >= 15 is 0 Å². The molecule has 0 N–H and O–H groups in total. The minimum absolute atomic E-state index is 0.150. The standard InChI is InChI=1S/C20H19N3O4/c1-3-25-16-10-6-4-8-14(16)19-21-18(27-22-19)12-23-15-9-5-7-11-17(15)26-13(2)20(23)24/h4-11,13H,3,12H2,1-2H3. The van der Waals surface area contributed by atoms with E-state index in [9.17, 15) is 4.79 Å². The average Bonchev–Trinajstić information content (AvgIpc) is 3.14. The van der Waals surface area contributed by atoms with Crippen molar-refractivity contribution in [3.8, 4) is 22.9 Å². The molecule has 4 rings (SSSR count). The SMILES string of the molecule is CCOc1ccccc1-c1noc(CN2C(=O)C(C)Oc3ccccc32)n1. The van der Waals surface area contributed by atoms with Gasteiger partial charge in [0.05, 0.1) is 17.9 Å². The van der Waals surface area contributed by atoms with E-state index in [2.05, 4.69) is 10.1 Å². The number of carbonyl (C=O) groups excluding carboxylic acids is 1. The highest BCUT2D eigenvalue weighted by molar-refractivity contribution is 5.99. The van der Waals surface area contributed by atoms with Crippen LogP contribution in [-0.2, 0) is 11.3 Å². The summed E-state index contributed by atoms with van der Waals surface area (Å²) in [7, 11) is 0. The molecule has 0 fully saturated rings. The van der Waals surface area contributed by atoms with Gasteiger partial charge in [-0.15, -0.1) is 0 Å². The molecule has 1 atom stereocenters. The Labute approximate surface area is 156 Å². The molecule has 0 saturated heterocycles. The minimum Gasteiger partial charge on any atom is -0.493 e. The van der Waals surface area contributed by atoms with Crippen molar-refractivity contribution < 1.29 is 18.8 Å². The number of ether oxygens (including phenoxy) is 2. The van der Waals surface area contributed by atoms with Crippen LogP contribution >= 0.6 is 0 Å². The molecule has 0 saturated carbocycles. The van der Waals surface area contributed by atoms with Crippen LogP contribution in [0.3, 0.4) is 0 Å². The number of nitrogens with zero attached hydrogens (tertiary/aromatic N) is 3. The van der Waals surface area contributed by atoms with E-state index in [1.807, 2.05) is 55.5 Å². The number of hydrogen-bond donors (Lipinski definition) is 0. The second-order valence-corrected chi connectivity index (χ2v) is 6.09. The van der Waals surface area contributed by atoms with Crippen LogP contribution in [0.15, 0.2) is 53.1 Å². The molecule has 1 aromatic heterocycles. The first-order chi connectivity index (χ1) is 13.2. The first-order valence-corrected chi connectivity index (χ1v) is 8.79. The number of carbonyl (C=O) groups is 1. The molecule has 1 aliphatic heterocycles. The van der Waals surface area contributed by atoms with Crippen LogP contribution < -0.4 is 14.4 Å². The first-order valence-electron chi connectivity index (χ1n) is 8.79. The smallest absolute Gasteiger partial charge is 0.268 e. The summed E-state index contributed by atoms with van der Waals surface area (Å²) in [6.07, 6.45) is -0.569. The van der Waals surface area contributed by atoms with Gasteiger partial charge in [-0.1, -0.05) is 29.4 Å². The van der Waals surface area contributed by atoms with E-state index in [1.54, 1.807) is 11.8 Å². The van der Waals surface area contributed by atoms with Gasteiger partial charge in [-0.2, -0.15) is 4.98 Å². The van der Waals surface area contributed by atoms with Gasteiger partial charge >= 0.3 is 0 Å². The molecule has 2 heterocycles. The van der Waals surface area contributed by atoms with Crippen molar-refractivity contribution in [1.82, 2.24) is 10.1 Å². The summed E-state index contributed by atoms with van der Waals surface area (Å²) in [5, 5.41) is 4.06. The van der Waals surface area contributed by atoms with Crippen molar-refractivity contribution in [2.45, 2.75) is 26.5 Å². The van der Waals surface area contributed by atoms with Gasteiger partial charge in [0.15, 0.2) is 6.10 Å². The molecule has 0 spiro atoms. The largest absolute Gasteiger partial charge is 0.493 e. The second kappa shape index (κ2) is 7.11. The Bertz CT molecular complexity index is 969. The highest BCUT2D eigenvalue weighted by atomic mass is 16.5. The molecule has 3 aromatic rings. The number of hydrogen-bond acceptors (Lipinski definition) is 6. The number of anilines is 1. The minimum atomic E-state index is -0.569. The lowest BCUT2D eigenvalue weighted by atomic mass is 10.2. The van der Waals surface area contributed by atoms with Gasteiger partial charge in [0.2, 0.25) is 11.7 Å². The van der Waals surface area contributed by atoms with Gasteiger partial charge in [0.1, 0.15) is 18.0 Å². The fraction of sp³-hybridized carbons (Fsp3) is 0.250. The highest BCUT2D eigenvalue weighted by Gasteiger charge is 2.32. The van der Waals surface area contributed by atoms with Gasteiger partial charge in [0, 0.05) is 0 Å². The van der Waals surface area contributed by atoms with E-state index in [0.29, 0.717) is 35.5 Å². The highest BCUT2D eigenvalue weighted by Crippen LogP contribution is 2.35. The predicted molar refractivity (Wildman–Crippen MR) is 98.6 cm³/mol. The van der Waals surface area contributed by atoms with E-state index in [0.717, 1.165) is 5.56 Å². The molecular formula is C20H19N3O4. The summed E-state index contributed by atoms with van der Waals surface area (Å²) in [6.45, 7) is 4.36. The predicted octanol–water partition coefficient (Wildman–Crippen LogP) is 3.45. The quantitative estimate of drug-likeness (QED) is 0.689. The zero-order valence-corrected chi connectivity index (χ0v) is 15.1. The van der Waals surface area contributed by atoms with Crippen LogP contribution in [0.4, 0.5) is 5.69 Å². The van der Waals surface area contributed by atoms with Gasteiger partial charge in [-0.25, -0.2) is 0 Å². The van der Waals surface area contributed by atoms with Crippen LogP contribution in [0.25, 0.3) is 11.4 Å². The lowest BCUT2D eigenvalue weighted by Gasteiger charge is -2.31. The van der Waals surface area contributed by atoms with Crippen molar-refractivity contribution in [2.75, 3.05) is 11.5 Å². The molecule has 1 amide bonds. The van der Waals surface area contributed by atoms with E-state index in [1.165, 1.54) is 0 Å². The number of fused-ring (bicyclic) bond motifs is 1. The van der Waals surface area contributed by atoms with Crippen molar-refractivity contribution in [1.29, 1.82) is 0 Å². The molecule has 2 aromatic carbocycles. The van der Waals surface area contributed by atoms with E-state index < -0.39 is 6.10 Å². The Kier molecular flexibility index (Phi) is 4.50. The van der Waals surface area contributed by atoms with Crippen molar-refractivity contribution in [3.63, 3.8) is 0 Å². The van der Waals surface area contributed by atoms with Gasteiger partial charge in [-0.3, -0.25) is 9.69 Å². The fourth-order valence-corrected chi connectivity index (χ4v) is 3.02. The van der Waals surface area contributed by atoms with Gasteiger partial charge < -0.3 is 14.0 Å². The lowest BCUT2D eigenvalue weighted by Crippen LogP contribution is -2.44. The third kappa shape index (κ3) is 3.23. The van der Waals surface area contributed by atoms with Crippen LogP contribution in [-0.4, -0.2) is 28.8 Å². The Morgan fingerprint density at radius 3 is 2.78 bits per heavy atom. The topological polar surface area (TPSA) is 77.7 Å². The summed E-state index contributed by atoms with van der Waals surface area (Å²) in [4.78, 5) is 18.7. The van der Waals surface area contributed by atoms with Crippen molar-refractivity contribution >= 4 is 11.6 Å². The molecule has 1 unspecified atom stereocenters. The summed E-state index contributed by atoms with van der Waals surface area (Å²) in [5.74, 6) is 1.97. The molecule has 1 aliphatic rings. The third-order valence-corrected chi connectivity index (χ3v) is 4.26. The maximum Gasteiger partial charge on any atom is 0.268 e. The van der Waals surface area contributed by atoms with Gasteiger partial charge in [-0.05, 0) is 38.1 Å². The molecule has 0 bridgehead atoms. The molecular weight excluding hydrogens is 346 g/mol. The molecule has 0 radical (unpaired) electrons. The average molecular weight is 365 g/mol. The number of benzene rings is 2. The number of amides is 1. The zero-order chi connectivity index (χ0) is 18.8. The summed E-state index contributed by atoms with van der Waals surface area (Å²) in [5.41, 5.74) is 1.44. The summed E-state index contributed by atoms with van der Waals surface area (Å²) < 4.78 is 16.7. The van der Waals surface area contributed by atoms with E-state index in [4.69, 9.17) is 14.0 Å². The van der Waals surface area contributed by atoms with Crippen LogP contribution in [0.1, 0.15) is 19.7 Å². The summed E-state index contributed by atoms with van der Waals surface area (Å²) in [6, 6.07) is 14.9. The maximum absolute atomic E-state index is 12.6. The molecule has 7 heteroatoms. The van der Waals surface area contributed by atoms with Crippen LogP contribution in [0, 0.1) is 0 Å². The Morgan fingerprint density at radius 1 is 1.15 bits per heavy atom. The molecule has 0 aliphatic carbocycles. The monoisotopic (exact) mass is 365 g/mol. The first kappa shape index (κ1) is 17.1. The number of aromatic nitrogens is 2. The molecule has 138 valence electrons. The Hall–Kier alpha value is -3.35. The van der Waals surface area contributed by atoms with Crippen molar-refractivity contribution in [3.05, 3.63) is 54.4 Å². The Morgan fingerprint density at radius 2 is 1.93 bits per heavy atom.